The largest absolute Gasteiger partial charge is 0.352 e. The van der Waals surface area contributed by atoms with Crippen molar-refractivity contribution in [3.63, 3.8) is 0 Å². The number of nitrogens with zero attached hydrogens (tertiary/aromatic N) is 2. The maximum absolute atomic E-state index is 12.3. The molecular weight excluding hydrogens is 358 g/mol. The molecule has 17 heavy (non-hydrogen) atoms. The van der Waals surface area contributed by atoms with E-state index in [-0.39, 0.29) is 0 Å². The van der Waals surface area contributed by atoms with Gasteiger partial charge in [-0.3, -0.25) is 5.01 Å². The number of carbonyl (C=O) groups is 1. The van der Waals surface area contributed by atoms with E-state index in [1.165, 1.54) is 7.05 Å². The molecule has 0 aliphatic rings. The highest BCUT2D eigenvalue weighted by Gasteiger charge is 2.18. The van der Waals surface area contributed by atoms with E-state index >= 15 is 0 Å². The average Bonchev–Trinajstić information content (AvgIpc) is 2.30. The van der Waals surface area contributed by atoms with Crippen molar-refractivity contribution in [1.82, 2.24) is 5.01 Å². The van der Waals surface area contributed by atoms with E-state index in [9.17, 15) is 9.18 Å². The highest BCUT2D eigenvalue weighted by atomic mass is 127. The van der Waals surface area contributed by atoms with Gasteiger partial charge in [0.25, 0.3) is 0 Å². The molecule has 1 rings (SSSR count). The molecule has 0 heterocycles. The number of anilines is 1. The van der Waals surface area contributed by atoms with Gasteiger partial charge in [0.1, 0.15) is 6.01 Å². The van der Waals surface area contributed by atoms with E-state index in [4.69, 9.17) is 11.7 Å². The van der Waals surface area contributed by atoms with Gasteiger partial charge in [0, 0.05) is 11.9 Å². The topological polar surface area (TPSA) is 75.6 Å². The zero-order valence-electron chi connectivity index (χ0n) is 9.06. The van der Waals surface area contributed by atoms with Crippen LogP contribution in [-0.4, -0.2) is 24.1 Å². The zero-order valence-corrected chi connectivity index (χ0v) is 12.0. The number of alkyl halides is 1. The number of carbonyl (C=O) groups excluding carboxylic acids is 1. The molecule has 0 atom stereocenters. The van der Waals surface area contributed by atoms with E-state index in [1.807, 2.05) is 22.6 Å². The normalized spacial score (nSPS) is 10.2. The second-order valence-corrected chi connectivity index (χ2v) is 5.13. The first-order valence-corrected chi connectivity index (χ1v) is 6.60. The van der Waals surface area contributed by atoms with Crippen molar-refractivity contribution >= 4 is 46.1 Å². The number of hydrogen-bond acceptors (Lipinski definition) is 4. The Morgan fingerprint density at radius 1 is 1.53 bits per heavy atom. The van der Waals surface area contributed by atoms with Crippen molar-refractivity contribution in [2.45, 2.75) is 4.90 Å². The molecule has 1 aromatic rings. The molecule has 8 heteroatoms. The van der Waals surface area contributed by atoms with Crippen LogP contribution in [-0.2, 0) is 0 Å². The number of amides is 2. The summed E-state index contributed by atoms with van der Waals surface area (Å²) in [5.74, 6) is 11.0. The van der Waals surface area contributed by atoms with Crippen LogP contribution in [0.15, 0.2) is 23.1 Å². The summed E-state index contributed by atoms with van der Waals surface area (Å²) in [5.41, 5.74) is 0.492. The average molecular weight is 370 g/mol. The van der Waals surface area contributed by atoms with Crippen LogP contribution < -0.4 is 16.7 Å². The molecule has 0 saturated carbocycles. The summed E-state index contributed by atoms with van der Waals surface area (Å²) in [6.07, 6.45) is 0. The molecule has 0 fully saturated rings. The molecule has 0 aromatic heterocycles. The molecule has 4 N–H and O–H groups in total. The van der Waals surface area contributed by atoms with E-state index in [2.05, 4.69) is 0 Å². The van der Waals surface area contributed by atoms with E-state index in [0.717, 1.165) is 26.7 Å². The van der Waals surface area contributed by atoms with Gasteiger partial charge in [-0.1, -0.05) is 17.8 Å². The minimum atomic E-state index is -0.551. The Bertz CT molecular complexity index is 418. The van der Waals surface area contributed by atoms with Gasteiger partial charge in [0.15, 0.2) is 0 Å². The molecule has 5 nitrogen and oxygen atoms in total. The van der Waals surface area contributed by atoms with Crippen LogP contribution in [0.5, 0.6) is 0 Å². The molecule has 0 spiro atoms. The third-order valence-corrected chi connectivity index (χ3v) is 4.18. The molecule has 2 amide bonds. The smallest absolute Gasteiger partial charge is 0.264 e. The number of halogens is 2. The van der Waals surface area contributed by atoms with Gasteiger partial charge in [0.2, 0.25) is 0 Å². The summed E-state index contributed by atoms with van der Waals surface area (Å²) < 4.78 is 13.0. The lowest BCUT2D eigenvalue weighted by Crippen LogP contribution is -2.48. The first-order valence-electron chi connectivity index (χ1n) is 4.53. The number of hydrogen-bond donors (Lipinski definition) is 2. The van der Waals surface area contributed by atoms with Crippen LogP contribution in [0.4, 0.5) is 14.9 Å². The summed E-state index contributed by atoms with van der Waals surface area (Å²) in [7, 11) is 1.40. The Morgan fingerprint density at radius 3 is 2.71 bits per heavy atom. The lowest BCUT2D eigenvalue weighted by molar-refractivity contribution is 0.216. The lowest BCUT2D eigenvalue weighted by atomic mass is 10.3. The van der Waals surface area contributed by atoms with Crippen LogP contribution in [0.3, 0.4) is 0 Å². The minimum absolute atomic E-state index is 0.492. The van der Waals surface area contributed by atoms with Gasteiger partial charge >= 0.3 is 6.03 Å². The second-order valence-electron chi connectivity index (χ2n) is 3.11. The summed E-state index contributed by atoms with van der Waals surface area (Å²) >= 11 is 3.06. The zero-order chi connectivity index (χ0) is 13.0. The molecule has 94 valence electrons. The Hall–Kier alpha value is -0.580. The molecule has 0 aliphatic carbocycles. The Morgan fingerprint density at radius 2 is 2.18 bits per heavy atom. The van der Waals surface area contributed by atoms with Gasteiger partial charge in [0.05, 0.1) is 9.26 Å². The summed E-state index contributed by atoms with van der Waals surface area (Å²) in [5, 5.41) is 1.81. The number of benzene rings is 1. The summed E-state index contributed by atoms with van der Waals surface area (Å²) in [6, 6.07) is 4.06. The highest BCUT2D eigenvalue weighted by molar-refractivity contribution is 14.1. The standard InChI is InChI=1S/C9H12FIN4OS/c1-14(12)9(16)15(13)6-3-2-4-7(8(6)11)17-5-10/h2-4H,5,12-13H2,1H3. The second kappa shape index (κ2) is 6.38. The van der Waals surface area contributed by atoms with Crippen LogP contribution in [0, 0.1) is 3.57 Å². The van der Waals surface area contributed by atoms with Crippen molar-refractivity contribution in [3.05, 3.63) is 21.8 Å². The van der Waals surface area contributed by atoms with Crippen LogP contribution >= 0.6 is 34.4 Å². The third-order valence-electron chi connectivity index (χ3n) is 1.92. The molecule has 0 saturated heterocycles. The summed E-state index contributed by atoms with van der Waals surface area (Å²) in [6.45, 7) is 0. The quantitative estimate of drug-likeness (QED) is 0.280. The predicted octanol–water partition coefficient (Wildman–Crippen LogP) is 1.92. The van der Waals surface area contributed by atoms with Gasteiger partial charge in [-0.25, -0.2) is 25.9 Å². The van der Waals surface area contributed by atoms with Crippen LogP contribution in [0.1, 0.15) is 0 Å². The predicted molar refractivity (Wildman–Crippen MR) is 75.0 cm³/mol. The first-order chi connectivity index (χ1) is 7.99. The minimum Gasteiger partial charge on any atom is -0.264 e. The van der Waals surface area contributed by atoms with Crippen molar-refractivity contribution < 1.29 is 9.18 Å². The maximum Gasteiger partial charge on any atom is 0.352 e. The van der Waals surface area contributed by atoms with E-state index in [0.29, 0.717) is 9.26 Å². The van der Waals surface area contributed by atoms with Gasteiger partial charge in [-0.15, -0.1) is 0 Å². The van der Waals surface area contributed by atoms with Crippen molar-refractivity contribution in [1.29, 1.82) is 0 Å². The van der Waals surface area contributed by atoms with Crippen molar-refractivity contribution in [2.24, 2.45) is 11.7 Å². The molecule has 0 unspecified atom stereocenters. The van der Waals surface area contributed by atoms with Crippen LogP contribution in [0.25, 0.3) is 0 Å². The number of nitrogens with two attached hydrogens (primary N) is 2. The number of hydrazine groups is 2. The first kappa shape index (κ1) is 14.5. The maximum atomic E-state index is 12.3. The van der Waals surface area contributed by atoms with Crippen molar-refractivity contribution in [2.75, 3.05) is 18.1 Å². The fourth-order valence-electron chi connectivity index (χ4n) is 1.13. The van der Waals surface area contributed by atoms with E-state index in [1.54, 1.807) is 18.2 Å². The Kier molecular flexibility index (Phi) is 5.43. The van der Waals surface area contributed by atoms with Gasteiger partial charge in [-0.05, 0) is 34.7 Å². The molecule has 1 aromatic carbocycles. The van der Waals surface area contributed by atoms with E-state index < -0.39 is 12.0 Å². The van der Waals surface area contributed by atoms with Crippen molar-refractivity contribution in [3.8, 4) is 0 Å². The van der Waals surface area contributed by atoms with Gasteiger partial charge in [-0.2, -0.15) is 0 Å². The summed E-state index contributed by atoms with van der Waals surface area (Å²) in [4.78, 5) is 12.3. The molecule has 0 radical (unpaired) electrons. The SMILES string of the molecule is CN(N)C(=O)N(N)c1cccc(SCF)c1I. The Labute approximate surface area is 116 Å². The highest BCUT2D eigenvalue weighted by Crippen LogP contribution is 2.31. The monoisotopic (exact) mass is 370 g/mol. The fourth-order valence-corrected chi connectivity index (χ4v) is 2.74. The molecular formula is C9H12FIN4OS. The van der Waals surface area contributed by atoms with Gasteiger partial charge < -0.3 is 0 Å². The van der Waals surface area contributed by atoms with Crippen LogP contribution in [0.2, 0.25) is 0 Å². The third kappa shape index (κ3) is 3.44. The number of urea groups is 1. The lowest BCUT2D eigenvalue weighted by Gasteiger charge is -2.22. The number of rotatable bonds is 3. The number of thioether (sulfide) groups is 1. The molecule has 0 aliphatic heterocycles. The fraction of sp³-hybridized carbons (Fsp3) is 0.222. The Balaban J connectivity index is 3.06. The molecule has 0 bridgehead atoms.